The van der Waals surface area contributed by atoms with Crippen molar-refractivity contribution in [3.8, 4) is 5.75 Å². The summed E-state index contributed by atoms with van der Waals surface area (Å²) in [5.41, 5.74) is 2.42. The number of fused-ring (bicyclic) bond motifs is 1. The Hall–Kier alpha value is -1.51. The minimum Gasteiger partial charge on any atom is -0.491 e. The Kier molecular flexibility index (Phi) is 3.45. The smallest absolute Gasteiger partial charge is 0.124 e. The fourth-order valence-corrected chi connectivity index (χ4v) is 2.67. The first kappa shape index (κ1) is 12.5. The fourth-order valence-electron chi connectivity index (χ4n) is 2.47. The summed E-state index contributed by atoms with van der Waals surface area (Å²) in [6, 6.07) is 16.6. The zero-order valence-corrected chi connectivity index (χ0v) is 11.5. The molecule has 1 N–H and O–H groups in total. The molecule has 2 unspecified atom stereocenters. The predicted molar refractivity (Wildman–Crippen MR) is 77.7 cm³/mol. The molecule has 19 heavy (non-hydrogen) atoms. The van der Waals surface area contributed by atoms with Gasteiger partial charge in [0.25, 0.3) is 0 Å². The lowest BCUT2D eigenvalue weighted by atomic mass is 10.0. The van der Waals surface area contributed by atoms with E-state index < -0.39 is 0 Å². The number of hydrogen-bond donors (Lipinski definition) is 1. The maximum Gasteiger partial charge on any atom is 0.124 e. The second kappa shape index (κ2) is 5.24. The minimum absolute atomic E-state index is 0.235. The number of nitrogens with one attached hydrogen (secondary N) is 1. The third-order valence-electron chi connectivity index (χ3n) is 3.50. The van der Waals surface area contributed by atoms with Crippen LogP contribution in [0.1, 0.15) is 30.1 Å². The van der Waals surface area contributed by atoms with Crippen molar-refractivity contribution in [1.82, 2.24) is 5.32 Å². The van der Waals surface area contributed by atoms with Crippen LogP contribution in [0.3, 0.4) is 0 Å². The minimum atomic E-state index is 0.235. The molecule has 0 saturated heterocycles. The van der Waals surface area contributed by atoms with E-state index in [0.717, 1.165) is 10.8 Å². The van der Waals surface area contributed by atoms with Crippen LogP contribution in [0.5, 0.6) is 5.75 Å². The van der Waals surface area contributed by atoms with Gasteiger partial charge in [-0.3, -0.25) is 0 Å². The number of halogens is 1. The van der Waals surface area contributed by atoms with Gasteiger partial charge in [-0.05, 0) is 30.7 Å². The summed E-state index contributed by atoms with van der Waals surface area (Å²) >= 11 is 6.03. The van der Waals surface area contributed by atoms with E-state index in [-0.39, 0.29) is 12.1 Å². The molecule has 2 aromatic rings. The van der Waals surface area contributed by atoms with E-state index in [1.165, 1.54) is 11.1 Å². The SMILES string of the molecule is CC(NC1COc2ccccc21)c1cccc(Cl)c1. The van der Waals surface area contributed by atoms with Gasteiger partial charge < -0.3 is 10.1 Å². The zero-order valence-electron chi connectivity index (χ0n) is 10.8. The van der Waals surface area contributed by atoms with Crippen LogP contribution in [0, 0.1) is 0 Å². The highest BCUT2D eigenvalue weighted by Gasteiger charge is 2.24. The number of ether oxygens (including phenoxy) is 1. The van der Waals surface area contributed by atoms with E-state index in [1.807, 2.05) is 36.4 Å². The van der Waals surface area contributed by atoms with Crippen LogP contribution in [0.2, 0.25) is 5.02 Å². The first-order valence-electron chi connectivity index (χ1n) is 6.47. The van der Waals surface area contributed by atoms with Crippen molar-refractivity contribution in [1.29, 1.82) is 0 Å². The topological polar surface area (TPSA) is 21.3 Å². The number of hydrogen-bond acceptors (Lipinski definition) is 2. The largest absolute Gasteiger partial charge is 0.491 e. The molecule has 0 amide bonds. The average Bonchev–Trinajstić information content (AvgIpc) is 2.82. The molecule has 0 fully saturated rings. The molecule has 0 saturated carbocycles. The molecule has 1 aliphatic heterocycles. The van der Waals surface area contributed by atoms with E-state index in [2.05, 4.69) is 24.4 Å². The van der Waals surface area contributed by atoms with Crippen molar-refractivity contribution in [2.24, 2.45) is 0 Å². The molecular weight excluding hydrogens is 258 g/mol. The van der Waals surface area contributed by atoms with Gasteiger partial charge in [0.2, 0.25) is 0 Å². The lowest BCUT2D eigenvalue weighted by Gasteiger charge is -2.19. The third-order valence-corrected chi connectivity index (χ3v) is 3.73. The third kappa shape index (κ3) is 2.60. The van der Waals surface area contributed by atoms with Gasteiger partial charge in [-0.15, -0.1) is 0 Å². The van der Waals surface area contributed by atoms with Crippen molar-refractivity contribution in [3.63, 3.8) is 0 Å². The molecule has 3 rings (SSSR count). The van der Waals surface area contributed by atoms with Crippen LogP contribution in [0.15, 0.2) is 48.5 Å². The summed E-state index contributed by atoms with van der Waals surface area (Å²) in [5, 5.41) is 4.37. The molecule has 2 atom stereocenters. The van der Waals surface area contributed by atoms with Crippen LogP contribution < -0.4 is 10.1 Å². The normalized spacial score (nSPS) is 18.7. The standard InChI is InChI=1S/C16H16ClNO/c1-11(12-5-4-6-13(17)9-12)18-15-10-19-16-8-3-2-7-14(15)16/h2-9,11,15,18H,10H2,1H3. The Bertz CT molecular complexity index is 584. The van der Waals surface area contributed by atoms with Gasteiger partial charge in [-0.2, -0.15) is 0 Å². The highest BCUT2D eigenvalue weighted by atomic mass is 35.5. The Morgan fingerprint density at radius 1 is 1.21 bits per heavy atom. The maximum absolute atomic E-state index is 6.03. The van der Waals surface area contributed by atoms with Crippen LogP contribution >= 0.6 is 11.6 Å². The molecule has 98 valence electrons. The summed E-state index contributed by atoms with van der Waals surface area (Å²) in [5.74, 6) is 0.985. The molecule has 1 heterocycles. The van der Waals surface area contributed by atoms with Crippen LogP contribution in [0.25, 0.3) is 0 Å². The van der Waals surface area contributed by atoms with Crippen LogP contribution in [-0.4, -0.2) is 6.61 Å². The monoisotopic (exact) mass is 273 g/mol. The fraction of sp³-hybridized carbons (Fsp3) is 0.250. The number of para-hydroxylation sites is 1. The highest BCUT2D eigenvalue weighted by Crippen LogP contribution is 2.33. The molecule has 2 nitrogen and oxygen atoms in total. The molecular formula is C16H16ClNO. The zero-order chi connectivity index (χ0) is 13.2. The van der Waals surface area contributed by atoms with Gasteiger partial charge in [0.15, 0.2) is 0 Å². The molecule has 0 spiro atoms. The molecule has 1 aliphatic rings. The van der Waals surface area contributed by atoms with E-state index in [9.17, 15) is 0 Å². The number of rotatable bonds is 3. The van der Waals surface area contributed by atoms with Crippen molar-refractivity contribution in [2.75, 3.05) is 6.61 Å². The average molecular weight is 274 g/mol. The lowest BCUT2D eigenvalue weighted by molar-refractivity contribution is 0.301. The van der Waals surface area contributed by atoms with E-state index in [0.29, 0.717) is 6.61 Å². The first-order chi connectivity index (χ1) is 9.24. The summed E-state index contributed by atoms with van der Waals surface area (Å²) < 4.78 is 5.68. The molecule has 2 aromatic carbocycles. The molecule has 0 aliphatic carbocycles. The Labute approximate surface area is 118 Å². The van der Waals surface area contributed by atoms with Crippen LogP contribution in [0.4, 0.5) is 0 Å². The summed E-state index contributed by atoms with van der Waals surface area (Å²) in [6.07, 6.45) is 0. The van der Waals surface area contributed by atoms with Crippen molar-refractivity contribution < 1.29 is 4.74 Å². The van der Waals surface area contributed by atoms with Crippen molar-refractivity contribution in [3.05, 3.63) is 64.7 Å². The maximum atomic E-state index is 6.03. The molecule has 0 radical (unpaired) electrons. The molecule has 0 aromatic heterocycles. The van der Waals surface area contributed by atoms with E-state index >= 15 is 0 Å². The first-order valence-corrected chi connectivity index (χ1v) is 6.85. The van der Waals surface area contributed by atoms with Gasteiger partial charge in [0.1, 0.15) is 12.4 Å². The molecule has 3 heteroatoms. The predicted octanol–water partition coefficient (Wildman–Crippen LogP) is 4.12. The quantitative estimate of drug-likeness (QED) is 0.908. The van der Waals surface area contributed by atoms with Crippen LogP contribution in [-0.2, 0) is 0 Å². The van der Waals surface area contributed by atoms with Gasteiger partial charge in [-0.1, -0.05) is 41.9 Å². The van der Waals surface area contributed by atoms with Gasteiger partial charge >= 0.3 is 0 Å². The van der Waals surface area contributed by atoms with E-state index in [1.54, 1.807) is 0 Å². The van der Waals surface area contributed by atoms with Gasteiger partial charge in [0, 0.05) is 16.6 Å². The summed E-state index contributed by atoms with van der Waals surface area (Å²) in [6.45, 7) is 2.83. The Morgan fingerprint density at radius 3 is 2.89 bits per heavy atom. The summed E-state index contributed by atoms with van der Waals surface area (Å²) in [4.78, 5) is 0. The number of benzene rings is 2. The van der Waals surface area contributed by atoms with Gasteiger partial charge in [-0.25, -0.2) is 0 Å². The second-order valence-corrected chi connectivity index (χ2v) is 5.28. The summed E-state index contributed by atoms with van der Waals surface area (Å²) in [7, 11) is 0. The van der Waals surface area contributed by atoms with Crippen molar-refractivity contribution in [2.45, 2.75) is 19.0 Å². The highest BCUT2D eigenvalue weighted by molar-refractivity contribution is 6.30. The van der Waals surface area contributed by atoms with E-state index in [4.69, 9.17) is 16.3 Å². The van der Waals surface area contributed by atoms with Gasteiger partial charge in [0.05, 0.1) is 6.04 Å². The lowest BCUT2D eigenvalue weighted by Crippen LogP contribution is -2.25. The van der Waals surface area contributed by atoms with Crippen molar-refractivity contribution >= 4 is 11.6 Å². The molecule has 0 bridgehead atoms. The second-order valence-electron chi connectivity index (χ2n) is 4.84. The Balaban J connectivity index is 1.76. The Morgan fingerprint density at radius 2 is 2.05 bits per heavy atom.